The van der Waals surface area contributed by atoms with E-state index in [4.69, 9.17) is 4.74 Å². The van der Waals surface area contributed by atoms with Gasteiger partial charge < -0.3 is 14.5 Å². The molecular weight excluding hydrogens is 361 g/mol. The van der Waals surface area contributed by atoms with Gasteiger partial charge in [-0.05, 0) is 37.1 Å². The Morgan fingerprint density at radius 1 is 1.32 bits per heavy atom. The monoisotopic (exact) mass is 385 g/mol. The molecule has 3 heterocycles. The molecule has 4 rings (SSSR count). The molecule has 2 aromatic rings. The van der Waals surface area contributed by atoms with Crippen molar-refractivity contribution in [3.05, 3.63) is 54.4 Å². The summed E-state index contributed by atoms with van der Waals surface area (Å²) in [4.78, 5) is 24.4. The molecule has 0 saturated carbocycles. The van der Waals surface area contributed by atoms with Crippen LogP contribution in [0.3, 0.4) is 0 Å². The molecule has 1 aromatic carbocycles. The highest BCUT2D eigenvalue weighted by atomic mass is 19.1. The van der Waals surface area contributed by atoms with Crippen molar-refractivity contribution in [1.82, 2.24) is 20.2 Å². The van der Waals surface area contributed by atoms with Crippen molar-refractivity contribution in [3.8, 4) is 0 Å². The summed E-state index contributed by atoms with van der Waals surface area (Å²) < 4.78 is 19.8. The van der Waals surface area contributed by atoms with E-state index in [1.54, 1.807) is 36.3 Å². The number of piperidine rings is 1. The number of ether oxygens (including phenoxy) is 1. The number of halogens is 1. The topological polar surface area (TPSA) is 70.6 Å². The van der Waals surface area contributed by atoms with E-state index in [1.165, 1.54) is 12.4 Å². The first-order chi connectivity index (χ1) is 13.6. The summed E-state index contributed by atoms with van der Waals surface area (Å²) in [6.45, 7) is 1.52. The van der Waals surface area contributed by atoms with Crippen LogP contribution in [0.4, 0.5) is 10.1 Å². The molecule has 2 saturated heterocycles. The molecule has 2 aliphatic heterocycles. The molecule has 8 heteroatoms. The number of rotatable bonds is 4. The van der Waals surface area contributed by atoms with Crippen LogP contribution in [-0.2, 0) is 9.53 Å². The number of nitrogens with zero attached hydrogens (tertiary/aromatic N) is 4. The van der Waals surface area contributed by atoms with Crippen LogP contribution in [0.25, 0.3) is 0 Å². The number of amides is 1. The van der Waals surface area contributed by atoms with Crippen LogP contribution in [-0.4, -0.2) is 53.4 Å². The standard InChI is InChI=1S/C20H24FN5O2/c1-25-19(27)11-18(17-7-8-22-13-23-17)24-20(25)28-16-6-3-9-26(12-16)15-5-2-4-14(21)10-15/h2,4-5,7-8,10,13,16,18,20,24H,3,6,9,11-12H2,1H3. The normalized spacial score (nSPS) is 25.8. The number of hydrogen-bond acceptors (Lipinski definition) is 6. The Balaban J connectivity index is 1.43. The quantitative estimate of drug-likeness (QED) is 0.869. The van der Waals surface area contributed by atoms with Crippen molar-refractivity contribution in [2.45, 2.75) is 37.8 Å². The number of benzene rings is 1. The molecule has 1 amide bonds. The van der Waals surface area contributed by atoms with Crippen molar-refractivity contribution >= 4 is 11.6 Å². The molecule has 0 spiro atoms. The number of hydrogen-bond donors (Lipinski definition) is 1. The summed E-state index contributed by atoms with van der Waals surface area (Å²) in [7, 11) is 1.74. The molecular formula is C20H24FN5O2. The third-order valence-electron chi connectivity index (χ3n) is 5.30. The Morgan fingerprint density at radius 2 is 2.21 bits per heavy atom. The summed E-state index contributed by atoms with van der Waals surface area (Å²) in [5.74, 6) is -0.238. The van der Waals surface area contributed by atoms with Gasteiger partial charge in [0.25, 0.3) is 0 Å². The van der Waals surface area contributed by atoms with Crippen LogP contribution in [0, 0.1) is 5.82 Å². The first-order valence-electron chi connectivity index (χ1n) is 9.54. The second kappa shape index (κ2) is 8.20. The number of aromatic nitrogens is 2. The van der Waals surface area contributed by atoms with Gasteiger partial charge in [-0.3, -0.25) is 10.1 Å². The maximum absolute atomic E-state index is 13.6. The van der Waals surface area contributed by atoms with E-state index in [2.05, 4.69) is 20.2 Å². The molecule has 148 valence electrons. The first kappa shape index (κ1) is 18.8. The van der Waals surface area contributed by atoms with E-state index in [9.17, 15) is 9.18 Å². The Labute approximate surface area is 163 Å². The minimum absolute atomic E-state index is 0.00478. The molecule has 3 atom stereocenters. The molecule has 0 radical (unpaired) electrons. The minimum atomic E-state index is -0.529. The van der Waals surface area contributed by atoms with E-state index < -0.39 is 6.35 Å². The van der Waals surface area contributed by atoms with Gasteiger partial charge in [-0.1, -0.05) is 6.07 Å². The predicted octanol–water partition coefficient (Wildman–Crippen LogP) is 2.08. The van der Waals surface area contributed by atoms with E-state index in [0.29, 0.717) is 13.0 Å². The lowest BCUT2D eigenvalue weighted by atomic mass is 10.1. The van der Waals surface area contributed by atoms with Gasteiger partial charge in [0.1, 0.15) is 12.1 Å². The van der Waals surface area contributed by atoms with Crippen LogP contribution < -0.4 is 10.2 Å². The third kappa shape index (κ3) is 4.13. The second-order valence-corrected chi connectivity index (χ2v) is 7.24. The van der Waals surface area contributed by atoms with E-state index >= 15 is 0 Å². The number of carbonyl (C=O) groups is 1. The Hall–Kier alpha value is -2.58. The van der Waals surface area contributed by atoms with Crippen LogP contribution >= 0.6 is 0 Å². The highest BCUT2D eigenvalue weighted by molar-refractivity contribution is 5.77. The molecule has 1 N–H and O–H groups in total. The van der Waals surface area contributed by atoms with Gasteiger partial charge in [-0.2, -0.15) is 0 Å². The smallest absolute Gasteiger partial charge is 0.227 e. The van der Waals surface area contributed by atoms with Gasteiger partial charge in [-0.25, -0.2) is 14.4 Å². The first-order valence-corrected chi connectivity index (χ1v) is 9.54. The lowest BCUT2D eigenvalue weighted by Gasteiger charge is -2.41. The molecule has 0 bridgehead atoms. The molecule has 3 unspecified atom stereocenters. The van der Waals surface area contributed by atoms with Gasteiger partial charge >= 0.3 is 0 Å². The highest BCUT2D eigenvalue weighted by Gasteiger charge is 2.35. The van der Waals surface area contributed by atoms with Gasteiger partial charge in [0.15, 0.2) is 6.35 Å². The van der Waals surface area contributed by atoms with Crippen LogP contribution in [0.1, 0.15) is 31.0 Å². The second-order valence-electron chi connectivity index (χ2n) is 7.24. The summed E-state index contributed by atoms with van der Waals surface area (Å²) in [6.07, 6.45) is 4.72. The lowest BCUT2D eigenvalue weighted by molar-refractivity contribution is -0.166. The van der Waals surface area contributed by atoms with E-state index in [1.807, 2.05) is 6.07 Å². The van der Waals surface area contributed by atoms with Crippen molar-refractivity contribution in [2.75, 3.05) is 25.0 Å². The van der Waals surface area contributed by atoms with Crippen LogP contribution in [0.2, 0.25) is 0 Å². The largest absolute Gasteiger partial charge is 0.369 e. The minimum Gasteiger partial charge on any atom is -0.369 e. The average Bonchev–Trinajstić information content (AvgIpc) is 2.72. The fraction of sp³-hybridized carbons (Fsp3) is 0.450. The zero-order valence-electron chi connectivity index (χ0n) is 15.8. The zero-order valence-corrected chi connectivity index (χ0v) is 15.8. The SMILES string of the molecule is CN1C(=O)CC(c2ccncn2)NC1OC1CCCN(c2cccc(F)c2)C1. The lowest BCUT2D eigenvalue weighted by Crippen LogP contribution is -2.57. The molecule has 2 aliphatic rings. The maximum atomic E-state index is 13.6. The molecule has 2 fully saturated rings. The highest BCUT2D eigenvalue weighted by Crippen LogP contribution is 2.26. The molecule has 1 aromatic heterocycles. The maximum Gasteiger partial charge on any atom is 0.227 e. The molecule has 0 aliphatic carbocycles. The van der Waals surface area contributed by atoms with Gasteiger partial charge in [0.2, 0.25) is 5.91 Å². The van der Waals surface area contributed by atoms with Gasteiger partial charge in [0, 0.05) is 38.4 Å². The van der Waals surface area contributed by atoms with Crippen LogP contribution in [0.15, 0.2) is 42.9 Å². The zero-order chi connectivity index (χ0) is 19.5. The number of carbonyl (C=O) groups excluding carboxylic acids is 1. The van der Waals surface area contributed by atoms with Crippen molar-refractivity contribution in [3.63, 3.8) is 0 Å². The Morgan fingerprint density at radius 3 is 3.00 bits per heavy atom. The van der Waals surface area contributed by atoms with E-state index in [0.717, 1.165) is 30.8 Å². The van der Waals surface area contributed by atoms with Gasteiger partial charge in [-0.15, -0.1) is 0 Å². The number of nitrogens with one attached hydrogen (secondary N) is 1. The van der Waals surface area contributed by atoms with Crippen LogP contribution in [0.5, 0.6) is 0 Å². The summed E-state index contributed by atoms with van der Waals surface area (Å²) in [6, 6.07) is 8.21. The molecule has 28 heavy (non-hydrogen) atoms. The summed E-state index contributed by atoms with van der Waals surface area (Å²) >= 11 is 0. The van der Waals surface area contributed by atoms with Crippen molar-refractivity contribution < 1.29 is 13.9 Å². The van der Waals surface area contributed by atoms with E-state index in [-0.39, 0.29) is 23.9 Å². The summed E-state index contributed by atoms with van der Waals surface area (Å²) in [5.41, 5.74) is 1.63. The van der Waals surface area contributed by atoms with Crippen molar-refractivity contribution in [2.24, 2.45) is 0 Å². The number of anilines is 1. The third-order valence-corrected chi connectivity index (χ3v) is 5.30. The fourth-order valence-corrected chi connectivity index (χ4v) is 3.76. The molecule has 7 nitrogen and oxygen atoms in total. The average molecular weight is 385 g/mol. The fourth-order valence-electron chi connectivity index (χ4n) is 3.76. The predicted molar refractivity (Wildman–Crippen MR) is 102 cm³/mol. The Bertz CT molecular complexity index is 821. The summed E-state index contributed by atoms with van der Waals surface area (Å²) in [5, 5.41) is 3.38. The van der Waals surface area contributed by atoms with Crippen molar-refractivity contribution in [1.29, 1.82) is 0 Å². The Kier molecular flexibility index (Phi) is 5.50. The van der Waals surface area contributed by atoms with Gasteiger partial charge in [0.05, 0.1) is 17.8 Å².